The highest BCUT2D eigenvalue weighted by Crippen LogP contribution is 2.42. The summed E-state index contributed by atoms with van der Waals surface area (Å²) >= 11 is 0. The molecule has 0 unspecified atom stereocenters. The molecule has 0 aliphatic heterocycles. The monoisotopic (exact) mass is 498 g/mol. The van der Waals surface area contributed by atoms with E-state index in [4.69, 9.17) is 0 Å². The van der Waals surface area contributed by atoms with Crippen LogP contribution in [0.1, 0.15) is 11.1 Å². The van der Waals surface area contributed by atoms with Gasteiger partial charge in [-0.1, -0.05) is 91.0 Å². The van der Waals surface area contributed by atoms with Gasteiger partial charge in [0.1, 0.15) is 0 Å². The van der Waals surface area contributed by atoms with Crippen molar-refractivity contribution in [1.29, 1.82) is 0 Å². The van der Waals surface area contributed by atoms with Crippen LogP contribution < -0.4 is 4.90 Å². The normalized spacial score (nSPS) is 12.0. The molecule has 1 N–H and O–H groups in total. The number of H-pyrrole nitrogens is 1. The quantitative estimate of drug-likeness (QED) is 0.256. The topological polar surface area (TPSA) is 19.0 Å². The van der Waals surface area contributed by atoms with E-state index in [2.05, 4.69) is 149 Å². The lowest BCUT2D eigenvalue weighted by atomic mass is 10.00. The molecule has 0 saturated heterocycles. The SMILES string of the molecule is c1ccc(N(c2ccccc2)c2ccc(-c3ccc4[nH]c5c6c(ccc5c4c3)-c3ccccc3C6)cc2)cc1. The Balaban J connectivity index is 1.19. The largest absolute Gasteiger partial charge is 0.354 e. The summed E-state index contributed by atoms with van der Waals surface area (Å²) in [6.07, 6.45) is 0.989. The first-order valence-electron chi connectivity index (χ1n) is 13.5. The summed E-state index contributed by atoms with van der Waals surface area (Å²) in [4.78, 5) is 6.04. The first kappa shape index (κ1) is 22.0. The number of para-hydroxylation sites is 2. The predicted octanol–water partition coefficient (Wildman–Crippen LogP) is 10.0. The molecule has 0 fully saturated rings. The number of rotatable bonds is 4. The van der Waals surface area contributed by atoms with Crippen LogP contribution in [0.15, 0.2) is 140 Å². The molecule has 1 aliphatic carbocycles. The van der Waals surface area contributed by atoms with Crippen molar-refractivity contribution in [2.75, 3.05) is 4.90 Å². The van der Waals surface area contributed by atoms with Crippen LogP contribution in [0.5, 0.6) is 0 Å². The Kier molecular flexibility index (Phi) is 4.92. The second-order valence-corrected chi connectivity index (χ2v) is 10.3. The highest BCUT2D eigenvalue weighted by atomic mass is 15.1. The molecule has 0 radical (unpaired) electrons. The number of nitrogens with one attached hydrogen (secondary N) is 1. The zero-order chi connectivity index (χ0) is 25.8. The van der Waals surface area contributed by atoms with Crippen molar-refractivity contribution in [3.05, 3.63) is 151 Å². The first-order chi connectivity index (χ1) is 19.3. The third-order valence-electron chi connectivity index (χ3n) is 8.04. The fraction of sp³-hybridized carbons (Fsp3) is 0.0270. The molecule has 1 aliphatic rings. The van der Waals surface area contributed by atoms with Crippen molar-refractivity contribution in [2.24, 2.45) is 0 Å². The van der Waals surface area contributed by atoms with E-state index in [1.54, 1.807) is 0 Å². The average molecular weight is 499 g/mol. The number of nitrogens with zero attached hydrogens (tertiary/aromatic N) is 1. The van der Waals surface area contributed by atoms with E-state index in [9.17, 15) is 0 Å². The van der Waals surface area contributed by atoms with Crippen molar-refractivity contribution >= 4 is 38.9 Å². The van der Waals surface area contributed by atoms with Crippen molar-refractivity contribution < 1.29 is 0 Å². The summed E-state index contributed by atoms with van der Waals surface area (Å²) in [6, 6.07) is 50.2. The molecule has 2 heteroatoms. The number of hydrogen-bond donors (Lipinski definition) is 1. The summed E-state index contributed by atoms with van der Waals surface area (Å²) in [6.45, 7) is 0. The number of hydrogen-bond acceptors (Lipinski definition) is 1. The van der Waals surface area contributed by atoms with Crippen molar-refractivity contribution in [2.45, 2.75) is 6.42 Å². The number of anilines is 3. The first-order valence-corrected chi connectivity index (χ1v) is 13.5. The van der Waals surface area contributed by atoms with Crippen LogP contribution in [-0.4, -0.2) is 4.98 Å². The maximum absolute atomic E-state index is 3.75. The van der Waals surface area contributed by atoms with Gasteiger partial charge in [-0.25, -0.2) is 0 Å². The summed E-state index contributed by atoms with van der Waals surface area (Å²) < 4.78 is 0. The minimum Gasteiger partial charge on any atom is -0.354 e. The molecule has 0 atom stereocenters. The Labute approximate surface area is 227 Å². The molecular weight excluding hydrogens is 472 g/mol. The van der Waals surface area contributed by atoms with Gasteiger partial charge in [0, 0.05) is 39.8 Å². The van der Waals surface area contributed by atoms with Crippen LogP contribution in [0.4, 0.5) is 17.1 Å². The lowest BCUT2D eigenvalue weighted by molar-refractivity contribution is 1.27. The molecule has 0 saturated carbocycles. The molecule has 39 heavy (non-hydrogen) atoms. The van der Waals surface area contributed by atoms with Gasteiger partial charge >= 0.3 is 0 Å². The molecule has 7 aromatic rings. The fourth-order valence-electron chi connectivity index (χ4n) is 6.17. The van der Waals surface area contributed by atoms with Gasteiger partial charge in [-0.15, -0.1) is 0 Å². The van der Waals surface area contributed by atoms with Gasteiger partial charge < -0.3 is 9.88 Å². The van der Waals surface area contributed by atoms with Gasteiger partial charge in [0.2, 0.25) is 0 Å². The second kappa shape index (κ2) is 8.75. The highest BCUT2D eigenvalue weighted by Gasteiger charge is 2.22. The lowest BCUT2D eigenvalue weighted by Crippen LogP contribution is -2.09. The van der Waals surface area contributed by atoms with Crippen LogP contribution in [-0.2, 0) is 6.42 Å². The van der Waals surface area contributed by atoms with E-state index in [1.165, 1.54) is 55.2 Å². The van der Waals surface area contributed by atoms with Crippen LogP contribution >= 0.6 is 0 Å². The van der Waals surface area contributed by atoms with E-state index in [-0.39, 0.29) is 0 Å². The molecule has 1 heterocycles. The minimum atomic E-state index is 0.989. The Bertz CT molecular complexity index is 1930. The summed E-state index contributed by atoms with van der Waals surface area (Å²) in [5.41, 5.74) is 13.9. The molecule has 8 rings (SSSR count). The Hall–Kier alpha value is -5.08. The number of aromatic nitrogens is 1. The third kappa shape index (κ3) is 3.57. The van der Waals surface area contributed by atoms with Crippen molar-refractivity contribution in [3.63, 3.8) is 0 Å². The van der Waals surface area contributed by atoms with Crippen molar-refractivity contribution in [1.82, 2.24) is 4.98 Å². The molecule has 184 valence electrons. The van der Waals surface area contributed by atoms with E-state index >= 15 is 0 Å². The predicted molar refractivity (Wildman–Crippen MR) is 164 cm³/mol. The smallest absolute Gasteiger partial charge is 0.0507 e. The number of aromatic amines is 1. The Morgan fingerprint density at radius 3 is 1.87 bits per heavy atom. The van der Waals surface area contributed by atoms with E-state index in [0.717, 1.165) is 23.5 Å². The third-order valence-corrected chi connectivity index (χ3v) is 8.04. The number of fused-ring (bicyclic) bond motifs is 7. The van der Waals surface area contributed by atoms with Gasteiger partial charge in [-0.05, 0) is 81.9 Å². The molecule has 1 aromatic heterocycles. The summed E-state index contributed by atoms with van der Waals surface area (Å²) in [5, 5.41) is 2.58. The van der Waals surface area contributed by atoms with E-state index < -0.39 is 0 Å². The van der Waals surface area contributed by atoms with Crippen LogP contribution in [0.3, 0.4) is 0 Å². The van der Waals surface area contributed by atoms with Gasteiger partial charge in [-0.2, -0.15) is 0 Å². The molecule has 2 nitrogen and oxygen atoms in total. The Morgan fingerprint density at radius 1 is 0.487 bits per heavy atom. The Morgan fingerprint density at radius 2 is 1.13 bits per heavy atom. The second-order valence-electron chi connectivity index (χ2n) is 10.3. The zero-order valence-corrected chi connectivity index (χ0v) is 21.4. The van der Waals surface area contributed by atoms with Crippen LogP contribution in [0.25, 0.3) is 44.1 Å². The standard InChI is InChI=1S/C37H26N2/c1-3-10-28(11-4-1)39(29-12-5-2-6-13-29)30-18-15-25(16-19-30)26-17-22-36-34(23-26)33-21-20-32-31-14-8-7-9-27(31)24-35(32)37(33)38-36/h1-23,38H,24H2. The minimum absolute atomic E-state index is 0.989. The van der Waals surface area contributed by atoms with Gasteiger partial charge in [-0.3, -0.25) is 0 Å². The van der Waals surface area contributed by atoms with Crippen molar-refractivity contribution in [3.8, 4) is 22.3 Å². The van der Waals surface area contributed by atoms with Crippen LogP contribution in [0, 0.1) is 0 Å². The number of benzene rings is 6. The highest BCUT2D eigenvalue weighted by molar-refractivity contribution is 6.11. The van der Waals surface area contributed by atoms with Crippen LogP contribution in [0.2, 0.25) is 0 Å². The molecular formula is C37H26N2. The molecule has 0 amide bonds. The fourth-order valence-corrected chi connectivity index (χ4v) is 6.17. The van der Waals surface area contributed by atoms with Gasteiger partial charge in [0.05, 0.1) is 5.52 Å². The molecule has 0 bridgehead atoms. The van der Waals surface area contributed by atoms with E-state index in [1.807, 2.05) is 0 Å². The zero-order valence-electron chi connectivity index (χ0n) is 21.4. The molecule has 0 spiro atoms. The maximum atomic E-state index is 3.75. The van der Waals surface area contributed by atoms with Gasteiger partial charge in [0.25, 0.3) is 0 Å². The van der Waals surface area contributed by atoms with Gasteiger partial charge in [0.15, 0.2) is 0 Å². The summed E-state index contributed by atoms with van der Waals surface area (Å²) in [5.74, 6) is 0. The van der Waals surface area contributed by atoms with E-state index in [0.29, 0.717) is 0 Å². The molecule has 6 aromatic carbocycles. The lowest BCUT2D eigenvalue weighted by Gasteiger charge is -2.25. The maximum Gasteiger partial charge on any atom is 0.0507 e. The summed E-state index contributed by atoms with van der Waals surface area (Å²) in [7, 11) is 0. The average Bonchev–Trinajstić information content (AvgIpc) is 3.57.